The molecule has 21 heavy (non-hydrogen) atoms. The van der Waals surface area contributed by atoms with E-state index < -0.39 is 0 Å². The largest absolute Gasteiger partial charge is 0.493 e. The minimum atomic E-state index is -0.154. The lowest BCUT2D eigenvalue weighted by molar-refractivity contribution is -0.183. The van der Waals surface area contributed by atoms with Gasteiger partial charge in [-0.3, -0.25) is 5.43 Å². The predicted molar refractivity (Wildman–Crippen MR) is 84.4 cm³/mol. The number of rotatable bonds is 6. The van der Waals surface area contributed by atoms with Crippen LogP contribution in [0.5, 0.6) is 5.75 Å². The maximum Gasteiger partial charge on any atom is 0.184 e. The summed E-state index contributed by atoms with van der Waals surface area (Å²) in [6.45, 7) is 2.05. The first kappa shape index (κ1) is 15.7. The highest BCUT2D eigenvalue weighted by atomic mass is 32.1. The molecule has 0 unspecified atom stereocenters. The summed E-state index contributed by atoms with van der Waals surface area (Å²) in [6, 6.07) is 7.57. The van der Waals surface area contributed by atoms with Crippen molar-refractivity contribution in [3.8, 4) is 5.75 Å². The third-order valence-corrected chi connectivity index (χ3v) is 2.86. The summed E-state index contributed by atoms with van der Waals surface area (Å²) < 4.78 is 16.6. The first-order chi connectivity index (χ1) is 10.2. The van der Waals surface area contributed by atoms with Gasteiger partial charge < -0.3 is 19.9 Å². The van der Waals surface area contributed by atoms with E-state index in [-0.39, 0.29) is 11.4 Å². The maximum atomic E-state index is 5.68. The summed E-state index contributed by atoms with van der Waals surface area (Å²) in [5.74, 6) is 0.769. The van der Waals surface area contributed by atoms with Crippen LogP contribution in [0.25, 0.3) is 0 Å². The zero-order valence-corrected chi connectivity index (χ0v) is 12.5. The van der Waals surface area contributed by atoms with Crippen LogP contribution < -0.4 is 15.9 Å². The number of nitrogens with zero attached hydrogens (tertiary/aromatic N) is 1. The standard InChI is InChI=1S/C14H19N3O3S/c15-14(21)17-16-10-11-3-1-4-12(9-11)18-8-5-13-19-6-2-7-20-13/h1,3-4,9-10,13H,2,5-8H2,(H3,15,17,21). The molecule has 0 amide bonds. The molecule has 114 valence electrons. The number of ether oxygens (including phenoxy) is 3. The molecule has 1 heterocycles. The molecule has 3 N–H and O–H groups in total. The third-order valence-electron chi connectivity index (χ3n) is 2.76. The summed E-state index contributed by atoms with van der Waals surface area (Å²) in [4.78, 5) is 0. The molecule has 0 radical (unpaired) electrons. The molecule has 7 heteroatoms. The molecule has 0 bridgehead atoms. The molecule has 0 aromatic heterocycles. The lowest BCUT2D eigenvalue weighted by Gasteiger charge is -2.23. The molecule has 0 saturated carbocycles. The quantitative estimate of drug-likeness (QED) is 0.470. The second kappa shape index (κ2) is 8.56. The van der Waals surface area contributed by atoms with Gasteiger partial charge in [-0.2, -0.15) is 5.10 Å². The molecule has 0 atom stereocenters. The van der Waals surface area contributed by atoms with Crippen LogP contribution in [-0.2, 0) is 9.47 Å². The van der Waals surface area contributed by atoms with Crippen LogP contribution in [0.1, 0.15) is 18.4 Å². The Labute approximate surface area is 129 Å². The summed E-state index contributed by atoms with van der Waals surface area (Å²) in [5.41, 5.74) is 8.68. The van der Waals surface area contributed by atoms with Crippen molar-refractivity contribution in [2.45, 2.75) is 19.1 Å². The Morgan fingerprint density at radius 2 is 2.29 bits per heavy atom. The van der Waals surface area contributed by atoms with Crippen molar-refractivity contribution in [3.05, 3.63) is 29.8 Å². The summed E-state index contributed by atoms with van der Waals surface area (Å²) >= 11 is 4.66. The van der Waals surface area contributed by atoms with Crippen LogP contribution in [0.15, 0.2) is 29.4 Å². The van der Waals surface area contributed by atoms with Gasteiger partial charge in [-0.15, -0.1) is 0 Å². The normalized spacial score (nSPS) is 16.0. The molecule has 1 aromatic rings. The molecular formula is C14H19N3O3S. The number of thiocarbonyl (C=S) groups is 1. The number of hydrogen-bond donors (Lipinski definition) is 2. The van der Waals surface area contributed by atoms with Gasteiger partial charge >= 0.3 is 0 Å². The van der Waals surface area contributed by atoms with E-state index in [1.165, 1.54) is 0 Å². The molecule has 1 saturated heterocycles. The molecule has 1 aromatic carbocycles. The Morgan fingerprint density at radius 1 is 1.48 bits per heavy atom. The average molecular weight is 309 g/mol. The maximum absolute atomic E-state index is 5.68. The van der Waals surface area contributed by atoms with Crippen molar-refractivity contribution < 1.29 is 14.2 Å². The molecule has 2 rings (SSSR count). The van der Waals surface area contributed by atoms with Crippen molar-refractivity contribution in [2.75, 3.05) is 19.8 Å². The highest BCUT2D eigenvalue weighted by molar-refractivity contribution is 7.80. The van der Waals surface area contributed by atoms with E-state index >= 15 is 0 Å². The number of hydrazone groups is 1. The second-order valence-electron chi connectivity index (χ2n) is 4.47. The molecular weight excluding hydrogens is 290 g/mol. The summed E-state index contributed by atoms with van der Waals surface area (Å²) in [7, 11) is 0. The van der Waals surface area contributed by atoms with E-state index in [2.05, 4.69) is 22.7 Å². The van der Waals surface area contributed by atoms with Crippen LogP contribution >= 0.6 is 12.2 Å². The second-order valence-corrected chi connectivity index (χ2v) is 4.91. The van der Waals surface area contributed by atoms with E-state index in [1.807, 2.05) is 24.3 Å². The van der Waals surface area contributed by atoms with Gasteiger partial charge in [0.1, 0.15) is 5.75 Å². The zero-order chi connectivity index (χ0) is 14.9. The number of hydrogen-bond acceptors (Lipinski definition) is 5. The fourth-order valence-electron chi connectivity index (χ4n) is 1.83. The zero-order valence-electron chi connectivity index (χ0n) is 11.7. The van der Waals surface area contributed by atoms with Gasteiger partial charge in [0.15, 0.2) is 11.4 Å². The SMILES string of the molecule is NC(=S)NN=Cc1cccc(OCCC2OCCCO2)c1. The Bertz CT molecular complexity index is 490. The Kier molecular flexibility index (Phi) is 6.39. The third kappa shape index (κ3) is 6.07. The number of benzene rings is 1. The molecule has 6 nitrogen and oxygen atoms in total. The van der Waals surface area contributed by atoms with Crippen molar-refractivity contribution in [1.82, 2.24) is 5.43 Å². The smallest absolute Gasteiger partial charge is 0.184 e. The van der Waals surface area contributed by atoms with Crippen LogP contribution in [0.3, 0.4) is 0 Å². The number of nitrogens with two attached hydrogens (primary N) is 1. The summed E-state index contributed by atoms with van der Waals surface area (Å²) in [6.07, 6.45) is 3.14. The Hall–Kier alpha value is -1.70. The van der Waals surface area contributed by atoms with Crippen LogP contribution in [0.4, 0.5) is 0 Å². The van der Waals surface area contributed by atoms with Gasteiger partial charge in [-0.25, -0.2) is 0 Å². The van der Waals surface area contributed by atoms with Crippen molar-refractivity contribution in [1.29, 1.82) is 0 Å². The lowest BCUT2D eigenvalue weighted by atomic mass is 10.2. The molecule has 0 spiro atoms. The predicted octanol–water partition coefficient (Wildman–Crippen LogP) is 1.39. The molecule has 0 aliphatic carbocycles. The van der Waals surface area contributed by atoms with E-state index in [1.54, 1.807) is 6.21 Å². The van der Waals surface area contributed by atoms with Crippen molar-refractivity contribution in [2.24, 2.45) is 10.8 Å². The fourth-order valence-corrected chi connectivity index (χ4v) is 1.88. The minimum absolute atomic E-state index is 0.131. The Morgan fingerprint density at radius 3 is 3.05 bits per heavy atom. The van der Waals surface area contributed by atoms with E-state index in [0.29, 0.717) is 13.0 Å². The van der Waals surface area contributed by atoms with Gasteiger partial charge in [0, 0.05) is 6.42 Å². The highest BCUT2D eigenvalue weighted by Crippen LogP contribution is 2.14. The van der Waals surface area contributed by atoms with Crippen molar-refractivity contribution >= 4 is 23.5 Å². The highest BCUT2D eigenvalue weighted by Gasteiger charge is 2.13. The number of nitrogens with one attached hydrogen (secondary N) is 1. The van der Waals surface area contributed by atoms with E-state index in [9.17, 15) is 0 Å². The molecule has 1 fully saturated rings. The van der Waals surface area contributed by atoms with Gasteiger partial charge in [0.05, 0.1) is 26.0 Å². The fraction of sp³-hybridized carbons (Fsp3) is 0.429. The first-order valence-electron chi connectivity index (χ1n) is 6.78. The van der Waals surface area contributed by atoms with Gasteiger partial charge in [-0.1, -0.05) is 12.1 Å². The summed E-state index contributed by atoms with van der Waals surface area (Å²) in [5, 5.41) is 4.03. The van der Waals surface area contributed by atoms with Crippen LogP contribution in [-0.4, -0.2) is 37.4 Å². The van der Waals surface area contributed by atoms with Gasteiger partial charge in [-0.05, 0) is 36.3 Å². The first-order valence-corrected chi connectivity index (χ1v) is 7.19. The lowest BCUT2D eigenvalue weighted by Crippen LogP contribution is -2.26. The van der Waals surface area contributed by atoms with Crippen LogP contribution in [0.2, 0.25) is 0 Å². The topological polar surface area (TPSA) is 78.1 Å². The molecule has 1 aliphatic rings. The van der Waals surface area contributed by atoms with Gasteiger partial charge in [0.25, 0.3) is 0 Å². The van der Waals surface area contributed by atoms with Crippen LogP contribution in [0, 0.1) is 0 Å². The van der Waals surface area contributed by atoms with E-state index in [4.69, 9.17) is 19.9 Å². The van der Waals surface area contributed by atoms with Gasteiger partial charge in [0.2, 0.25) is 0 Å². The average Bonchev–Trinajstić information content (AvgIpc) is 2.48. The Balaban J connectivity index is 1.77. The minimum Gasteiger partial charge on any atom is -0.493 e. The monoisotopic (exact) mass is 309 g/mol. The molecule has 1 aliphatic heterocycles. The van der Waals surface area contributed by atoms with Crippen molar-refractivity contribution in [3.63, 3.8) is 0 Å². The van der Waals surface area contributed by atoms with E-state index in [0.717, 1.165) is 30.9 Å².